The quantitative estimate of drug-likeness (QED) is 0.514. The minimum absolute atomic E-state index is 0.155. The maximum Gasteiger partial charge on any atom is 0.352 e. The number of nitrogens with zero attached hydrogens (tertiary/aromatic N) is 4. The number of benzene rings is 1. The van der Waals surface area contributed by atoms with Gasteiger partial charge in [0.25, 0.3) is 5.56 Å². The van der Waals surface area contributed by atoms with Gasteiger partial charge in [-0.25, -0.2) is 13.9 Å². The lowest BCUT2D eigenvalue weighted by molar-refractivity contribution is -0.117. The smallest absolute Gasteiger partial charge is 0.324 e. The van der Waals surface area contributed by atoms with E-state index in [4.69, 9.17) is 0 Å². The van der Waals surface area contributed by atoms with Gasteiger partial charge >= 0.3 is 5.69 Å². The number of hydrogen-bond donors (Lipinski definition) is 1. The Kier molecular flexibility index (Phi) is 5.29. The number of unbranched alkanes of at least 4 members (excludes halogenated alkanes) is 1. The zero-order chi connectivity index (χ0) is 21.4. The molecular formula is C21H23N5O3S. The summed E-state index contributed by atoms with van der Waals surface area (Å²) in [6, 6.07) is 7.49. The van der Waals surface area contributed by atoms with Crippen molar-refractivity contribution >= 4 is 38.9 Å². The van der Waals surface area contributed by atoms with Crippen LogP contribution in [0.3, 0.4) is 0 Å². The Morgan fingerprint density at radius 1 is 1.17 bits per heavy atom. The van der Waals surface area contributed by atoms with Gasteiger partial charge in [0.2, 0.25) is 11.7 Å². The normalized spacial score (nSPS) is 11.4. The summed E-state index contributed by atoms with van der Waals surface area (Å²) in [4.78, 5) is 38.5. The van der Waals surface area contributed by atoms with Crippen LogP contribution >= 0.6 is 11.3 Å². The van der Waals surface area contributed by atoms with E-state index in [1.54, 1.807) is 11.4 Å². The van der Waals surface area contributed by atoms with Gasteiger partial charge in [0, 0.05) is 12.2 Å². The molecule has 9 heteroatoms. The Morgan fingerprint density at radius 2 is 1.90 bits per heavy atom. The molecule has 30 heavy (non-hydrogen) atoms. The van der Waals surface area contributed by atoms with Crippen LogP contribution in [-0.4, -0.2) is 24.7 Å². The molecule has 156 valence electrons. The highest BCUT2D eigenvalue weighted by Crippen LogP contribution is 2.18. The van der Waals surface area contributed by atoms with Crippen LogP contribution in [0.1, 0.15) is 30.9 Å². The summed E-state index contributed by atoms with van der Waals surface area (Å²) < 4.78 is 4.58. The largest absolute Gasteiger partial charge is 0.352 e. The van der Waals surface area contributed by atoms with Crippen molar-refractivity contribution in [2.45, 2.75) is 46.7 Å². The lowest BCUT2D eigenvalue weighted by Crippen LogP contribution is -2.29. The number of hydrogen-bond acceptors (Lipinski definition) is 5. The molecule has 4 rings (SSSR count). The molecule has 0 unspecified atom stereocenters. The number of aromatic nitrogens is 4. The first-order valence-corrected chi connectivity index (χ1v) is 10.7. The zero-order valence-electron chi connectivity index (χ0n) is 17.1. The average Bonchev–Trinajstić information content (AvgIpc) is 3.26. The zero-order valence-corrected chi connectivity index (χ0v) is 18.0. The van der Waals surface area contributed by atoms with Gasteiger partial charge in [0.15, 0.2) is 0 Å². The molecule has 0 saturated carbocycles. The van der Waals surface area contributed by atoms with Crippen molar-refractivity contribution < 1.29 is 4.79 Å². The highest BCUT2D eigenvalue weighted by Gasteiger charge is 2.19. The molecule has 8 nitrogen and oxygen atoms in total. The summed E-state index contributed by atoms with van der Waals surface area (Å²) in [5, 5.41) is 8.95. The SMILES string of the molecule is CCCCn1c(=O)c2sccc2n2c(=O)n(CC(=O)Nc3cc(C)cc(C)c3)nc12. The van der Waals surface area contributed by atoms with Crippen molar-refractivity contribution in [2.24, 2.45) is 0 Å². The average molecular weight is 426 g/mol. The summed E-state index contributed by atoms with van der Waals surface area (Å²) in [5.41, 5.74) is 2.69. The molecule has 1 amide bonds. The van der Waals surface area contributed by atoms with E-state index in [-0.39, 0.29) is 23.8 Å². The molecule has 3 aromatic heterocycles. The predicted octanol–water partition coefficient (Wildman–Crippen LogP) is 2.93. The van der Waals surface area contributed by atoms with Crippen LogP contribution in [0.2, 0.25) is 0 Å². The van der Waals surface area contributed by atoms with Crippen molar-refractivity contribution in [2.75, 3.05) is 5.32 Å². The molecule has 0 spiro atoms. The number of rotatable bonds is 6. The van der Waals surface area contributed by atoms with Crippen LogP contribution in [0.15, 0.2) is 39.2 Å². The van der Waals surface area contributed by atoms with E-state index in [2.05, 4.69) is 10.4 Å². The number of carbonyl (C=O) groups is 1. The lowest BCUT2D eigenvalue weighted by atomic mass is 10.1. The molecule has 4 aromatic rings. The maximum absolute atomic E-state index is 13.0. The first-order chi connectivity index (χ1) is 14.4. The van der Waals surface area contributed by atoms with Gasteiger partial charge in [0.1, 0.15) is 11.2 Å². The molecule has 0 bridgehead atoms. The fraction of sp³-hybridized carbons (Fsp3) is 0.333. The first kappa shape index (κ1) is 20.1. The topological polar surface area (TPSA) is 90.4 Å². The van der Waals surface area contributed by atoms with Crippen molar-refractivity contribution in [1.29, 1.82) is 0 Å². The van der Waals surface area contributed by atoms with Crippen LogP contribution in [0.25, 0.3) is 16.0 Å². The van der Waals surface area contributed by atoms with Gasteiger partial charge in [-0.1, -0.05) is 19.4 Å². The summed E-state index contributed by atoms with van der Waals surface area (Å²) in [7, 11) is 0. The number of anilines is 1. The highest BCUT2D eigenvalue weighted by molar-refractivity contribution is 7.17. The van der Waals surface area contributed by atoms with E-state index in [0.29, 0.717) is 22.4 Å². The Labute approximate surface area is 176 Å². The fourth-order valence-electron chi connectivity index (χ4n) is 3.64. The molecule has 0 saturated heterocycles. The van der Waals surface area contributed by atoms with Crippen LogP contribution in [0.4, 0.5) is 5.69 Å². The summed E-state index contributed by atoms with van der Waals surface area (Å²) >= 11 is 1.30. The van der Waals surface area contributed by atoms with Crippen molar-refractivity contribution in [3.8, 4) is 0 Å². The van der Waals surface area contributed by atoms with Crippen molar-refractivity contribution in [3.05, 3.63) is 61.6 Å². The van der Waals surface area contributed by atoms with E-state index in [1.807, 2.05) is 39.0 Å². The molecule has 0 radical (unpaired) electrons. The number of thiophene rings is 1. The minimum atomic E-state index is -0.436. The van der Waals surface area contributed by atoms with Gasteiger partial charge in [-0.05, 0) is 55.0 Å². The van der Waals surface area contributed by atoms with Crippen LogP contribution < -0.4 is 16.6 Å². The van der Waals surface area contributed by atoms with E-state index >= 15 is 0 Å². The van der Waals surface area contributed by atoms with Crippen molar-refractivity contribution in [3.63, 3.8) is 0 Å². The molecule has 0 fully saturated rings. The fourth-order valence-corrected chi connectivity index (χ4v) is 4.46. The molecule has 1 N–H and O–H groups in total. The van der Waals surface area contributed by atoms with E-state index in [9.17, 15) is 14.4 Å². The number of amides is 1. The van der Waals surface area contributed by atoms with Crippen LogP contribution in [0.5, 0.6) is 0 Å². The Morgan fingerprint density at radius 3 is 2.60 bits per heavy atom. The third-order valence-electron chi connectivity index (χ3n) is 4.92. The molecule has 1 aromatic carbocycles. The summed E-state index contributed by atoms with van der Waals surface area (Å²) in [6.07, 6.45) is 1.70. The summed E-state index contributed by atoms with van der Waals surface area (Å²) in [6.45, 7) is 6.18. The minimum Gasteiger partial charge on any atom is -0.324 e. The predicted molar refractivity (Wildman–Crippen MR) is 119 cm³/mol. The Balaban J connectivity index is 1.75. The van der Waals surface area contributed by atoms with E-state index in [1.165, 1.54) is 20.3 Å². The molecule has 0 atom stereocenters. The maximum atomic E-state index is 13.0. The third kappa shape index (κ3) is 3.56. The van der Waals surface area contributed by atoms with Crippen LogP contribution in [0, 0.1) is 13.8 Å². The van der Waals surface area contributed by atoms with Gasteiger partial charge in [-0.15, -0.1) is 16.4 Å². The summed E-state index contributed by atoms with van der Waals surface area (Å²) in [5.74, 6) is -0.0851. The highest BCUT2D eigenvalue weighted by atomic mass is 32.1. The number of aryl methyl sites for hydroxylation is 3. The molecule has 0 aliphatic heterocycles. The third-order valence-corrected chi connectivity index (χ3v) is 5.81. The van der Waals surface area contributed by atoms with Gasteiger partial charge in [0.05, 0.1) is 5.52 Å². The van der Waals surface area contributed by atoms with Crippen molar-refractivity contribution in [1.82, 2.24) is 18.7 Å². The Bertz CT molecular complexity index is 1360. The van der Waals surface area contributed by atoms with Gasteiger partial charge in [-0.3, -0.25) is 14.2 Å². The molecule has 3 heterocycles. The molecule has 0 aliphatic rings. The van der Waals surface area contributed by atoms with Crippen LogP contribution in [-0.2, 0) is 17.9 Å². The van der Waals surface area contributed by atoms with E-state index < -0.39 is 5.69 Å². The number of carbonyl (C=O) groups excluding carboxylic acids is 1. The monoisotopic (exact) mass is 425 g/mol. The van der Waals surface area contributed by atoms with E-state index in [0.717, 1.165) is 28.7 Å². The lowest BCUT2D eigenvalue weighted by Gasteiger charge is -2.07. The first-order valence-electron chi connectivity index (χ1n) is 9.86. The second-order valence-electron chi connectivity index (χ2n) is 7.45. The number of nitrogens with one attached hydrogen (secondary N) is 1. The molecule has 0 aliphatic carbocycles. The standard InChI is InChI=1S/C21H23N5O3S/c1-4-5-7-24-19(28)18-16(6-8-30-18)26-20(24)23-25(21(26)29)12-17(27)22-15-10-13(2)9-14(3)11-15/h6,8-11H,4-5,7,12H2,1-3H3,(H,22,27). The number of fused-ring (bicyclic) bond motifs is 3. The van der Waals surface area contributed by atoms with Gasteiger partial charge < -0.3 is 5.32 Å². The second kappa shape index (κ2) is 7.91. The van der Waals surface area contributed by atoms with Gasteiger partial charge in [-0.2, -0.15) is 0 Å². The molecular weight excluding hydrogens is 402 g/mol. The second-order valence-corrected chi connectivity index (χ2v) is 8.36. The Hall–Kier alpha value is -3.20.